The molecule has 0 fully saturated rings. The summed E-state index contributed by atoms with van der Waals surface area (Å²) >= 11 is 0. The summed E-state index contributed by atoms with van der Waals surface area (Å²) in [7, 11) is 0. The smallest absolute Gasteiger partial charge is 0.243 e. The lowest BCUT2D eigenvalue weighted by atomic mass is 10.4. The lowest BCUT2D eigenvalue weighted by Gasteiger charge is -1.97. The molecule has 4 nitrogen and oxygen atoms in total. The minimum Gasteiger partial charge on any atom is -0.476 e. The first-order valence-corrected chi connectivity index (χ1v) is 4.42. The summed E-state index contributed by atoms with van der Waals surface area (Å²) in [5.74, 6) is 0.397. The topological polar surface area (TPSA) is 43.6 Å². The Balaban J connectivity index is 2.65. The van der Waals surface area contributed by atoms with E-state index in [0.717, 1.165) is 11.9 Å². The average molecular weight is 190 g/mol. The van der Waals surface area contributed by atoms with E-state index in [1.807, 2.05) is 25.1 Å². The van der Waals surface area contributed by atoms with Crippen molar-refractivity contribution in [3.8, 4) is 5.88 Å². The Morgan fingerprint density at radius 2 is 2.43 bits per heavy atom. The SMILES string of the molecule is CCOc1nc2ccccn2c1C=O. The van der Waals surface area contributed by atoms with Crippen molar-refractivity contribution >= 4 is 11.9 Å². The molecule has 0 aliphatic carbocycles. The van der Waals surface area contributed by atoms with Crippen molar-refractivity contribution in [3.05, 3.63) is 30.1 Å². The molecule has 2 heterocycles. The molecule has 0 N–H and O–H groups in total. The maximum atomic E-state index is 10.8. The van der Waals surface area contributed by atoms with E-state index >= 15 is 0 Å². The van der Waals surface area contributed by atoms with E-state index in [9.17, 15) is 4.79 Å². The van der Waals surface area contributed by atoms with Crippen molar-refractivity contribution < 1.29 is 9.53 Å². The number of imidazole rings is 1. The Morgan fingerprint density at radius 3 is 3.14 bits per heavy atom. The molecule has 0 aliphatic rings. The van der Waals surface area contributed by atoms with Gasteiger partial charge in [-0.25, -0.2) is 0 Å². The van der Waals surface area contributed by atoms with Crippen LogP contribution in [-0.4, -0.2) is 22.3 Å². The first kappa shape index (κ1) is 8.74. The Kier molecular flexibility index (Phi) is 2.18. The molecule has 0 unspecified atom stereocenters. The van der Waals surface area contributed by atoms with Gasteiger partial charge < -0.3 is 4.74 Å². The van der Waals surface area contributed by atoms with Gasteiger partial charge in [-0.1, -0.05) is 6.07 Å². The molecule has 2 rings (SSSR count). The van der Waals surface area contributed by atoms with Crippen LogP contribution in [0.25, 0.3) is 5.65 Å². The van der Waals surface area contributed by atoms with Crippen molar-refractivity contribution in [2.75, 3.05) is 6.61 Å². The summed E-state index contributed by atoms with van der Waals surface area (Å²) < 4.78 is 6.96. The van der Waals surface area contributed by atoms with Gasteiger partial charge in [0.05, 0.1) is 6.61 Å². The van der Waals surface area contributed by atoms with Gasteiger partial charge in [0.1, 0.15) is 11.3 Å². The minimum atomic E-state index is 0.397. The van der Waals surface area contributed by atoms with Crippen LogP contribution in [0.15, 0.2) is 24.4 Å². The molecule has 2 aromatic rings. The summed E-state index contributed by atoms with van der Waals surface area (Å²) in [5, 5.41) is 0. The van der Waals surface area contributed by atoms with Crippen LogP contribution in [0.4, 0.5) is 0 Å². The summed E-state index contributed by atoms with van der Waals surface area (Å²) in [6.45, 7) is 2.36. The van der Waals surface area contributed by atoms with Gasteiger partial charge in [-0.3, -0.25) is 9.20 Å². The molecule has 0 spiro atoms. The molecule has 2 aromatic heterocycles. The van der Waals surface area contributed by atoms with Crippen LogP contribution in [0, 0.1) is 0 Å². The van der Waals surface area contributed by atoms with Crippen LogP contribution in [-0.2, 0) is 0 Å². The van der Waals surface area contributed by atoms with E-state index < -0.39 is 0 Å². The van der Waals surface area contributed by atoms with E-state index in [-0.39, 0.29) is 0 Å². The van der Waals surface area contributed by atoms with E-state index in [1.165, 1.54) is 0 Å². The summed E-state index contributed by atoms with van der Waals surface area (Å²) in [4.78, 5) is 15.0. The van der Waals surface area contributed by atoms with Gasteiger partial charge in [0, 0.05) is 6.20 Å². The number of aldehydes is 1. The monoisotopic (exact) mass is 190 g/mol. The predicted molar refractivity (Wildman–Crippen MR) is 51.7 cm³/mol. The van der Waals surface area contributed by atoms with Crippen LogP contribution in [0.5, 0.6) is 5.88 Å². The molecule has 72 valence electrons. The third kappa shape index (κ3) is 1.25. The molecule has 0 atom stereocenters. The molecular formula is C10H10N2O2. The molecule has 4 heteroatoms. The zero-order valence-electron chi connectivity index (χ0n) is 7.80. The highest BCUT2D eigenvalue weighted by Gasteiger charge is 2.10. The van der Waals surface area contributed by atoms with Crippen LogP contribution >= 0.6 is 0 Å². The minimum absolute atomic E-state index is 0.397. The number of ether oxygens (including phenoxy) is 1. The van der Waals surface area contributed by atoms with Gasteiger partial charge in [-0.05, 0) is 19.1 Å². The van der Waals surface area contributed by atoms with Crippen molar-refractivity contribution in [1.82, 2.24) is 9.38 Å². The Bertz CT molecular complexity index is 462. The van der Waals surface area contributed by atoms with Crippen molar-refractivity contribution in [1.29, 1.82) is 0 Å². The van der Waals surface area contributed by atoms with Crippen molar-refractivity contribution in [2.24, 2.45) is 0 Å². The Hall–Kier alpha value is -1.84. The third-order valence-electron chi connectivity index (χ3n) is 1.93. The fourth-order valence-electron chi connectivity index (χ4n) is 1.34. The van der Waals surface area contributed by atoms with Crippen molar-refractivity contribution in [2.45, 2.75) is 6.92 Å². The van der Waals surface area contributed by atoms with E-state index in [4.69, 9.17) is 4.74 Å². The van der Waals surface area contributed by atoms with Gasteiger partial charge in [-0.2, -0.15) is 4.98 Å². The molecule has 0 radical (unpaired) electrons. The highest BCUT2D eigenvalue weighted by Crippen LogP contribution is 2.17. The second-order valence-corrected chi connectivity index (χ2v) is 2.78. The van der Waals surface area contributed by atoms with E-state index in [0.29, 0.717) is 18.2 Å². The number of carbonyl (C=O) groups excluding carboxylic acids is 1. The molecule has 0 aromatic carbocycles. The quantitative estimate of drug-likeness (QED) is 0.689. The first-order valence-electron chi connectivity index (χ1n) is 4.42. The van der Waals surface area contributed by atoms with Crippen LogP contribution < -0.4 is 4.74 Å². The first-order chi connectivity index (χ1) is 6.86. The number of pyridine rings is 1. The number of aromatic nitrogens is 2. The molecule has 14 heavy (non-hydrogen) atoms. The number of nitrogens with zero attached hydrogens (tertiary/aromatic N) is 2. The fraction of sp³-hybridized carbons (Fsp3) is 0.200. The number of rotatable bonds is 3. The average Bonchev–Trinajstić information content (AvgIpc) is 2.55. The van der Waals surface area contributed by atoms with Crippen LogP contribution in [0.3, 0.4) is 0 Å². The second kappa shape index (κ2) is 3.49. The van der Waals surface area contributed by atoms with Gasteiger partial charge >= 0.3 is 0 Å². The highest BCUT2D eigenvalue weighted by atomic mass is 16.5. The van der Waals surface area contributed by atoms with E-state index in [2.05, 4.69) is 4.98 Å². The van der Waals surface area contributed by atoms with Gasteiger partial charge in [0.2, 0.25) is 5.88 Å². The molecule has 0 bridgehead atoms. The number of carbonyl (C=O) groups is 1. The second-order valence-electron chi connectivity index (χ2n) is 2.78. The molecular weight excluding hydrogens is 180 g/mol. The fourth-order valence-corrected chi connectivity index (χ4v) is 1.34. The number of fused-ring (bicyclic) bond motifs is 1. The lowest BCUT2D eigenvalue weighted by Crippen LogP contribution is -1.96. The summed E-state index contributed by atoms with van der Waals surface area (Å²) in [5.41, 5.74) is 1.18. The predicted octanol–water partition coefficient (Wildman–Crippen LogP) is 1.55. The zero-order chi connectivity index (χ0) is 9.97. The Morgan fingerprint density at radius 1 is 1.57 bits per heavy atom. The third-order valence-corrected chi connectivity index (χ3v) is 1.93. The Labute approximate surface area is 81.1 Å². The van der Waals surface area contributed by atoms with Crippen molar-refractivity contribution in [3.63, 3.8) is 0 Å². The maximum absolute atomic E-state index is 10.8. The molecule has 0 saturated carbocycles. The summed E-state index contributed by atoms with van der Waals surface area (Å²) in [6.07, 6.45) is 2.54. The van der Waals surface area contributed by atoms with Gasteiger partial charge in [-0.15, -0.1) is 0 Å². The van der Waals surface area contributed by atoms with Crippen LogP contribution in [0.2, 0.25) is 0 Å². The maximum Gasteiger partial charge on any atom is 0.243 e. The highest BCUT2D eigenvalue weighted by molar-refractivity contribution is 5.78. The van der Waals surface area contributed by atoms with E-state index in [1.54, 1.807) is 10.6 Å². The number of hydrogen-bond acceptors (Lipinski definition) is 3. The van der Waals surface area contributed by atoms with Gasteiger partial charge in [0.25, 0.3) is 0 Å². The number of hydrogen-bond donors (Lipinski definition) is 0. The zero-order valence-corrected chi connectivity index (χ0v) is 7.80. The molecule has 0 aliphatic heterocycles. The molecule has 0 amide bonds. The van der Waals surface area contributed by atoms with Gasteiger partial charge in [0.15, 0.2) is 6.29 Å². The molecule has 0 saturated heterocycles. The van der Waals surface area contributed by atoms with Crippen LogP contribution in [0.1, 0.15) is 17.4 Å². The standard InChI is InChI=1S/C10H10N2O2/c1-2-14-10-8(7-13)12-6-4-3-5-9(12)11-10/h3-7H,2H2,1H3. The lowest BCUT2D eigenvalue weighted by molar-refractivity contribution is 0.111. The summed E-state index contributed by atoms with van der Waals surface area (Å²) in [6, 6.07) is 5.54. The normalized spacial score (nSPS) is 10.4. The largest absolute Gasteiger partial charge is 0.476 e.